The number of likely N-dealkylation sites (tertiary alicyclic amines) is 1. The van der Waals surface area contributed by atoms with Crippen LogP contribution in [0.25, 0.3) is 0 Å². The number of nitrogens with zero attached hydrogens (tertiary/aromatic N) is 4. The quantitative estimate of drug-likeness (QED) is 0.685. The first-order valence-electron chi connectivity index (χ1n) is 7.75. The standard InChI is InChI=1S/C15H27N5S/c1-5-16-14(20-8-6-12(2)7-9-20)17-10-13-11-21-15(18-13)19(3)4/h11-12H,5-10H2,1-4H3,(H,16,17). The van der Waals surface area contributed by atoms with Crippen molar-refractivity contribution in [2.45, 2.75) is 33.2 Å². The third kappa shape index (κ3) is 4.59. The van der Waals surface area contributed by atoms with Crippen LogP contribution < -0.4 is 10.2 Å². The summed E-state index contributed by atoms with van der Waals surface area (Å²) in [5, 5.41) is 6.54. The lowest BCUT2D eigenvalue weighted by molar-refractivity contribution is 0.273. The number of aliphatic imine (C=N–C) groups is 1. The highest BCUT2D eigenvalue weighted by atomic mass is 32.1. The van der Waals surface area contributed by atoms with Crippen LogP contribution >= 0.6 is 11.3 Å². The molecule has 0 aliphatic carbocycles. The lowest BCUT2D eigenvalue weighted by atomic mass is 10.00. The van der Waals surface area contributed by atoms with E-state index in [1.54, 1.807) is 11.3 Å². The van der Waals surface area contributed by atoms with Crippen LogP contribution in [0.3, 0.4) is 0 Å². The zero-order valence-electron chi connectivity index (χ0n) is 13.6. The molecule has 118 valence electrons. The van der Waals surface area contributed by atoms with Crippen LogP contribution in [-0.4, -0.2) is 49.6 Å². The van der Waals surface area contributed by atoms with E-state index in [0.717, 1.165) is 42.3 Å². The first kappa shape index (κ1) is 16.1. The van der Waals surface area contributed by atoms with Gasteiger partial charge in [0.15, 0.2) is 11.1 Å². The number of piperidine rings is 1. The second-order valence-electron chi connectivity index (χ2n) is 5.86. The third-order valence-electron chi connectivity index (χ3n) is 3.73. The summed E-state index contributed by atoms with van der Waals surface area (Å²) in [6, 6.07) is 0. The smallest absolute Gasteiger partial charge is 0.194 e. The summed E-state index contributed by atoms with van der Waals surface area (Å²) in [6.07, 6.45) is 2.51. The van der Waals surface area contributed by atoms with Crippen molar-refractivity contribution in [1.82, 2.24) is 15.2 Å². The lowest BCUT2D eigenvalue weighted by Crippen LogP contribution is -2.45. The fourth-order valence-corrected chi connectivity index (χ4v) is 3.13. The van der Waals surface area contributed by atoms with Crippen LogP contribution in [0, 0.1) is 5.92 Å². The van der Waals surface area contributed by atoms with E-state index in [0.29, 0.717) is 6.54 Å². The van der Waals surface area contributed by atoms with E-state index in [9.17, 15) is 0 Å². The van der Waals surface area contributed by atoms with Gasteiger partial charge in [0.05, 0.1) is 12.2 Å². The molecule has 1 aromatic heterocycles. The normalized spacial score (nSPS) is 17.1. The van der Waals surface area contributed by atoms with Gasteiger partial charge in [0.2, 0.25) is 0 Å². The Hall–Kier alpha value is -1.30. The Morgan fingerprint density at radius 2 is 2.19 bits per heavy atom. The van der Waals surface area contributed by atoms with Crippen molar-refractivity contribution in [1.29, 1.82) is 0 Å². The van der Waals surface area contributed by atoms with E-state index in [1.807, 2.05) is 19.0 Å². The van der Waals surface area contributed by atoms with Crippen molar-refractivity contribution in [2.75, 3.05) is 38.6 Å². The van der Waals surface area contributed by atoms with Gasteiger partial charge in [-0.15, -0.1) is 11.3 Å². The molecular weight excluding hydrogens is 282 g/mol. The highest BCUT2D eigenvalue weighted by Gasteiger charge is 2.18. The number of thiazole rings is 1. The molecule has 1 aliphatic rings. The average molecular weight is 309 g/mol. The maximum Gasteiger partial charge on any atom is 0.194 e. The van der Waals surface area contributed by atoms with Crippen LogP contribution in [0.5, 0.6) is 0 Å². The van der Waals surface area contributed by atoms with Gasteiger partial charge in [-0.3, -0.25) is 0 Å². The Balaban J connectivity index is 1.99. The molecule has 0 bridgehead atoms. The topological polar surface area (TPSA) is 43.8 Å². The van der Waals surface area contributed by atoms with Crippen LogP contribution in [0.2, 0.25) is 0 Å². The van der Waals surface area contributed by atoms with Crippen molar-refractivity contribution < 1.29 is 0 Å². The molecule has 0 atom stereocenters. The predicted octanol–water partition coefficient (Wildman–Crippen LogP) is 2.41. The Morgan fingerprint density at radius 1 is 1.48 bits per heavy atom. The summed E-state index contributed by atoms with van der Waals surface area (Å²) in [5.74, 6) is 1.87. The molecule has 0 spiro atoms. The maximum atomic E-state index is 4.76. The van der Waals surface area contributed by atoms with E-state index >= 15 is 0 Å². The summed E-state index contributed by atoms with van der Waals surface area (Å²) in [7, 11) is 4.04. The minimum atomic E-state index is 0.652. The molecular formula is C15H27N5S. The number of anilines is 1. The predicted molar refractivity (Wildman–Crippen MR) is 91.2 cm³/mol. The van der Waals surface area contributed by atoms with Gasteiger partial charge in [0.25, 0.3) is 0 Å². The first-order chi connectivity index (χ1) is 10.1. The molecule has 2 heterocycles. The van der Waals surface area contributed by atoms with Gasteiger partial charge in [-0.05, 0) is 25.7 Å². The molecule has 2 rings (SSSR count). The SMILES string of the molecule is CCNC(=NCc1csc(N(C)C)n1)N1CCC(C)CC1. The van der Waals surface area contributed by atoms with Crippen molar-refractivity contribution in [3.63, 3.8) is 0 Å². The Morgan fingerprint density at radius 3 is 2.76 bits per heavy atom. The van der Waals surface area contributed by atoms with Gasteiger partial charge < -0.3 is 15.1 Å². The van der Waals surface area contributed by atoms with Crippen LogP contribution in [0.4, 0.5) is 5.13 Å². The summed E-state index contributed by atoms with van der Waals surface area (Å²) >= 11 is 1.67. The summed E-state index contributed by atoms with van der Waals surface area (Å²) < 4.78 is 0. The zero-order chi connectivity index (χ0) is 15.2. The van der Waals surface area contributed by atoms with Crippen molar-refractivity contribution in [3.05, 3.63) is 11.1 Å². The number of hydrogen-bond acceptors (Lipinski definition) is 4. The van der Waals surface area contributed by atoms with E-state index in [-0.39, 0.29) is 0 Å². The van der Waals surface area contributed by atoms with Crippen LogP contribution in [-0.2, 0) is 6.54 Å². The Kier molecular flexibility index (Phi) is 5.85. The molecule has 1 fully saturated rings. The number of aromatic nitrogens is 1. The van der Waals surface area contributed by atoms with Crippen molar-refractivity contribution >= 4 is 22.4 Å². The molecule has 0 unspecified atom stereocenters. The highest BCUT2D eigenvalue weighted by molar-refractivity contribution is 7.13. The maximum absolute atomic E-state index is 4.76. The van der Waals surface area contributed by atoms with E-state index in [1.165, 1.54) is 12.8 Å². The van der Waals surface area contributed by atoms with Gasteiger partial charge >= 0.3 is 0 Å². The number of hydrogen-bond donors (Lipinski definition) is 1. The largest absolute Gasteiger partial charge is 0.357 e. The van der Waals surface area contributed by atoms with Gasteiger partial charge in [-0.2, -0.15) is 0 Å². The Bertz CT molecular complexity index is 460. The second kappa shape index (κ2) is 7.64. The van der Waals surface area contributed by atoms with Gasteiger partial charge in [-0.1, -0.05) is 6.92 Å². The number of guanidine groups is 1. The second-order valence-corrected chi connectivity index (χ2v) is 6.69. The number of nitrogens with one attached hydrogen (secondary N) is 1. The molecule has 0 amide bonds. The molecule has 0 radical (unpaired) electrons. The fraction of sp³-hybridized carbons (Fsp3) is 0.733. The molecule has 21 heavy (non-hydrogen) atoms. The summed E-state index contributed by atoms with van der Waals surface area (Å²) in [6.45, 7) is 8.22. The Labute approximate surface area is 132 Å². The van der Waals surface area contributed by atoms with Crippen LogP contribution in [0.1, 0.15) is 32.4 Å². The third-order valence-corrected chi connectivity index (χ3v) is 4.79. The first-order valence-corrected chi connectivity index (χ1v) is 8.63. The summed E-state index contributed by atoms with van der Waals surface area (Å²) in [5.41, 5.74) is 1.05. The molecule has 1 saturated heterocycles. The van der Waals surface area contributed by atoms with Gasteiger partial charge in [0.1, 0.15) is 0 Å². The minimum absolute atomic E-state index is 0.652. The average Bonchev–Trinajstić information content (AvgIpc) is 2.93. The molecule has 5 nitrogen and oxygen atoms in total. The van der Waals surface area contributed by atoms with E-state index in [4.69, 9.17) is 4.99 Å². The summed E-state index contributed by atoms with van der Waals surface area (Å²) in [4.78, 5) is 13.8. The van der Waals surface area contributed by atoms with Crippen molar-refractivity contribution in [3.8, 4) is 0 Å². The molecule has 0 saturated carbocycles. The van der Waals surface area contributed by atoms with E-state index in [2.05, 4.69) is 34.4 Å². The molecule has 1 N–H and O–H groups in total. The van der Waals surface area contributed by atoms with Crippen molar-refractivity contribution in [2.24, 2.45) is 10.9 Å². The molecule has 0 aromatic carbocycles. The molecule has 6 heteroatoms. The molecule has 1 aliphatic heterocycles. The lowest BCUT2D eigenvalue weighted by Gasteiger charge is -2.32. The number of rotatable bonds is 4. The van der Waals surface area contributed by atoms with E-state index < -0.39 is 0 Å². The minimum Gasteiger partial charge on any atom is -0.357 e. The monoisotopic (exact) mass is 309 g/mol. The van der Waals surface area contributed by atoms with Crippen LogP contribution in [0.15, 0.2) is 10.4 Å². The fourth-order valence-electron chi connectivity index (χ4n) is 2.38. The zero-order valence-corrected chi connectivity index (χ0v) is 14.4. The molecule has 1 aromatic rings. The van der Waals surface area contributed by atoms with Gasteiger partial charge in [-0.25, -0.2) is 9.98 Å². The highest BCUT2D eigenvalue weighted by Crippen LogP contribution is 2.19. The van der Waals surface area contributed by atoms with Gasteiger partial charge in [0, 0.05) is 39.1 Å².